The standard InChI is InChI=1S/C34H44FN3O4/c1-22-27(29(31(39)40)42-32(2,3)4)28(38-16-14-33(5,6)15-17-38)25(20-36-22)23-18-26(35)30(37-19-23)41-21-34(7,8)24-12-10-9-11-13-24/h9-13,18-20,29H,14-17,21H2,1-8H3,(H,39,40). The molecule has 7 nitrogen and oxygen atoms in total. The Balaban J connectivity index is 1.75. The number of aryl methyl sites for hydroxylation is 1. The van der Waals surface area contributed by atoms with Crippen molar-refractivity contribution in [3.8, 4) is 17.0 Å². The second kappa shape index (κ2) is 12.0. The van der Waals surface area contributed by atoms with E-state index in [1.807, 2.05) is 65.0 Å². The molecule has 0 amide bonds. The molecule has 1 aliphatic heterocycles. The minimum Gasteiger partial charge on any atom is -0.479 e. The number of aromatic nitrogens is 2. The molecule has 1 saturated heterocycles. The lowest BCUT2D eigenvalue weighted by Crippen LogP contribution is -2.39. The van der Waals surface area contributed by atoms with Crippen molar-refractivity contribution in [1.29, 1.82) is 0 Å². The summed E-state index contributed by atoms with van der Waals surface area (Å²) >= 11 is 0. The summed E-state index contributed by atoms with van der Waals surface area (Å²) in [5, 5.41) is 10.3. The Morgan fingerprint density at radius 1 is 1.07 bits per heavy atom. The molecule has 0 spiro atoms. The summed E-state index contributed by atoms with van der Waals surface area (Å²) in [5.74, 6) is -1.77. The van der Waals surface area contributed by atoms with E-state index in [0.29, 0.717) is 28.1 Å². The van der Waals surface area contributed by atoms with Gasteiger partial charge in [0.05, 0.1) is 17.9 Å². The number of ether oxygens (including phenoxy) is 2. The molecule has 0 aliphatic carbocycles. The number of piperidine rings is 1. The second-order valence-corrected chi connectivity index (χ2v) is 13.7. The first-order chi connectivity index (χ1) is 19.6. The first-order valence-electron chi connectivity index (χ1n) is 14.6. The summed E-state index contributed by atoms with van der Waals surface area (Å²) in [7, 11) is 0. The summed E-state index contributed by atoms with van der Waals surface area (Å²) in [6, 6.07) is 11.3. The smallest absolute Gasteiger partial charge is 0.337 e. The maximum atomic E-state index is 15.5. The summed E-state index contributed by atoms with van der Waals surface area (Å²) in [5.41, 5.74) is 3.05. The van der Waals surface area contributed by atoms with Gasteiger partial charge in [-0.15, -0.1) is 0 Å². The SMILES string of the molecule is Cc1ncc(-c2cnc(OCC(C)(C)c3ccccc3)c(F)c2)c(N2CCC(C)(C)CC2)c1C(OC(C)(C)C)C(=O)O. The zero-order valence-electron chi connectivity index (χ0n) is 26.1. The van der Waals surface area contributed by atoms with Gasteiger partial charge in [0, 0.05) is 53.3 Å². The van der Waals surface area contributed by atoms with Crippen molar-refractivity contribution in [3.63, 3.8) is 0 Å². The van der Waals surface area contributed by atoms with Gasteiger partial charge < -0.3 is 19.5 Å². The molecule has 4 rings (SSSR count). The highest BCUT2D eigenvalue weighted by Gasteiger charge is 2.36. The monoisotopic (exact) mass is 577 g/mol. The van der Waals surface area contributed by atoms with Crippen LogP contribution in [0, 0.1) is 18.2 Å². The van der Waals surface area contributed by atoms with E-state index < -0.39 is 23.5 Å². The lowest BCUT2D eigenvalue weighted by atomic mass is 9.82. The van der Waals surface area contributed by atoms with Crippen molar-refractivity contribution in [3.05, 3.63) is 71.4 Å². The van der Waals surface area contributed by atoms with Gasteiger partial charge >= 0.3 is 5.97 Å². The number of halogens is 1. The van der Waals surface area contributed by atoms with Crippen LogP contribution < -0.4 is 9.64 Å². The van der Waals surface area contributed by atoms with Gasteiger partial charge in [-0.1, -0.05) is 58.0 Å². The van der Waals surface area contributed by atoms with E-state index in [0.717, 1.165) is 31.5 Å². The van der Waals surface area contributed by atoms with Crippen LogP contribution in [0.1, 0.15) is 84.2 Å². The van der Waals surface area contributed by atoms with Crippen LogP contribution in [-0.2, 0) is 14.9 Å². The molecular formula is C34H44FN3O4. The summed E-state index contributed by atoms with van der Waals surface area (Å²) in [4.78, 5) is 23.7. The quantitative estimate of drug-likeness (QED) is 0.282. The van der Waals surface area contributed by atoms with E-state index in [2.05, 4.69) is 28.7 Å². The van der Waals surface area contributed by atoms with E-state index in [9.17, 15) is 9.90 Å². The van der Waals surface area contributed by atoms with Gasteiger partial charge in [0.15, 0.2) is 11.9 Å². The molecule has 2 aromatic heterocycles. The molecule has 0 saturated carbocycles. The first kappa shape index (κ1) is 31.4. The molecule has 8 heteroatoms. The highest BCUT2D eigenvalue weighted by Crippen LogP contribution is 2.43. The largest absolute Gasteiger partial charge is 0.479 e. The number of nitrogens with zero attached hydrogens (tertiary/aromatic N) is 3. The second-order valence-electron chi connectivity index (χ2n) is 13.7. The van der Waals surface area contributed by atoms with Gasteiger partial charge in [0.2, 0.25) is 5.88 Å². The summed E-state index contributed by atoms with van der Waals surface area (Å²) in [6.45, 7) is 17.5. The lowest BCUT2D eigenvalue weighted by Gasteiger charge is -2.40. The van der Waals surface area contributed by atoms with Gasteiger partial charge in [-0.25, -0.2) is 14.2 Å². The van der Waals surface area contributed by atoms with Crippen LogP contribution in [-0.4, -0.2) is 46.3 Å². The van der Waals surface area contributed by atoms with Crippen molar-refractivity contribution < 1.29 is 23.8 Å². The molecule has 0 radical (unpaired) electrons. The highest BCUT2D eigenvalue weighted by atomic mass is 19.1. The molecule has 0 bridgehead atoms. The number of carboxylic acids is 1. The maximum Gasteiger partial charge on any atom is 0.337 e. The summed E-state index contributed by atoms with van der Waals surface area (Å²) < 4.78 is 27.5. The number of hydrogen-bond donors (Lipinski definition) is 1. The van der Waals surface area contributed by atoms with Crippen molar-refractivity contribution in [2.75, 3.05) is 24.6 Å². The number of anilines is 1. The third-order valence-corrected chi connectivity index (χ3v) is 7.92. The normalized spacial score (nSPS) is 16.3. The molecule has 1 aromatic carbocycles. The van der Waals surface area contributed by atoms with E-state index in [4.69, 9.17) is 9.47 Å². The minimum absolute atomic E-state index is 0.0798. The molecule has 226 valence electrons. The molecule has 3 heterocycles. The van der Waals surface area contributed by atoms with E-state index in [1.165, 1.54) is 6.07 Å². The van der Waals surface area contributed by atoms with E-state index in [1.54, 1.807) is 19.3 Å². The van der Waals surface area contributed by atoms with Crippen LogP contribution in [0.2, 0.25) is 0 Å². The minimum atomic E-state index is -1.25. The zero-order chi connectivity index (χ0) is 30.9. The Morgan fingerprint density at radius 3 is 2.29 bits per heavy atom. The fourth-order valence-electron chi connectivity index (χ4n) is 5.30. The van der Waals surface area contributed by atoms with Crippen LogP contribution in [0.5, 0.6) is 5.88 Å². The van der Waals surface area contributed by atoms with Crippen molar-refractivity contribution >= 4 is 11.7 Å². The topological polar surface area (TPSA) is 84.8 Å². The molecule has 1 N–H and O–H groups in total. The van der Waals surface area contributed by atoms with Crippen LogP contribution in [0.4, 0.5) is 10.1 Å². The predicted molar refractivity (Wildman–Crippen MR) is 164 cm³/mol. The lowest BCUT2D eigenvalue weighted by molar-refractivity contribution is -0.160. The van der Waals surface area contributed by atoms with Gasteiger partial charge in [0.25, 0.3) is 0 Å². The average Bonchev–Trinajstić information content (AvgIpc) is 2.91. The van der Waals surface area contributed by atoms with Gasteiger partial charge in [-0.3, -0.25) is 4.98 Å². The molecule has 3 aromatic rings. The number of pyridine rings is 2. The third kappa shape index (κ3) is 7.27. The number of aliphatic carboxylic acids is 1. The fraction of sp³-hybridized carbons (Fsp3) is 0.500. The zero-order valence-corrected chi connectivity index (χ0v) is 26.1. The van der Waals surface area contributed by atoms with Crippen molar-refractivity contribution in [1.82, 2.24) is 9.97 Å². The van der Waals surface area contributed by atoms with E-state index >= 15 is 4.39 Å². The Hall–Kier alpha value is -3.52. The fourth-order valence-corrected chi connectivity index (χ4v) is 5.30. The molecule has 1 unspecified atom stereocenters. The van der Waals surface area contributed by atoms with Crippen molar-refractivity contribution in [2.24, 2.45) is 5.41 Å². The van der Waals surface area contributed by atoms with E-state index in [-0.39, 0.29) is 23.3 Å². The van der Waals surface area contributed by atoms with Gasteiger partial charge in [-0.05, 0) is 57.6 Å². The number of carboxylic acid groups (broad SMARTS) is 1. The average molecular weight is 578 g/mol. The number of carbonyl (C=O) groups is 1. The van der Waals surface area contributed by atoms with Gasteiger partial charge in [-0.2, -0.15) is 0 Å². The number of hydrogen-bond acceptors (Lipinski definition) is 6. The number of benzene rings is 1. The molecule has 42 heavy (non-hydrogen) atoms. The maximum absolute atomic E-state index is 15.5. The Morgan fingerprint density at radius 2 is 1.71 bits per heavy atom. The van der Waals surface area contributed by atoms with Crippen LogP contribution in [0.25, 0.3) is 11.1 Å². The Bertz CT molecular complexity index is 1410. The highest BCUT2D eigenvalue weighted by molar-refractivity contribution is 5.86. The van der Waals surface area contributed by atoms with Crippen LogP contribution in [0.15, 0.2) is 48.8 Å². The molecule has 1 fully saturated rings. The molecular weight excluding hydrogens is 533 g/mol. The van der Waals surface area contributed by atoms with Crippen molar-refractivity contribution in [2.45, 2.75) is 85.4 Å². The Labute approximate surface area is 249 Å². The first-order valence-corrected chi connectivity index (χ1v) is 14.6. The third-order valence-electron chi connectivity index (χ3n) is 7.92. The van der Waals surface area contributed by atoms with Gasteiger partial charge in [0.1, 0.15) is 0 Å². The predicted octanol–water partition coefficient (Wildman–Crippen LogP) is 7.51. The number of rotatable bonds is 9. The molecule has 1 aliphatic rings. The molecule has 1 atom stereocenters. The van der Waals surface area contributed by atoms with Crippen LogP contribution in [0.3, 0.4) is 0 Å². The van der Waals surface area contributed by atoms with Crippen LogP contribution >= 0.6 is 0 Å². The summed E-state index contributed by atoms with van der Waals surface area (Å²) in [6.07, 6.45) is 3.87. The Kier molecular flexibility index (Phi) is 8.97.